The molecule has 1 unspecified atom stereocenters. The number of nitrogens with zero attached hydrogens (tertiary/aromatic N) is 2. The maximum absolute atomic E-state index is 12.3. The molecule has 1 aliphatic heterocycles. The molecule has 2 N–H and O–H groups in total. The number of hydrogen-bond donors (Lipinski definition) is 2. The molecule has 2 heterocycles. The highest BCUT2D eigenvalue weighted by molar-refractivity contribution is 5.92. The lowest BCUT2D eigenvalue weighted by Gasteiger charge is -2.24. The molecule has 0 bridgehead atoms. The van der Waals surface area contributed by atoms with Crippen LogP contribution in [-0.2, 0) is 6.61 Å². The van der Waals surface area contributed by atoms with Gasteiger partial charge in [-0.1, -0.05) is 23.4 Å². The van der Waals surface area contributed by atoms with Crippen LogP contribution >= 0.6 is 0 Å². The quantitative estimate of drug-likeness (QED) is 0.710. The molecule has 0 aliphatic carbocycles. The molecule has 1 saturated heterocycles. The predicted octanol–water partition coefficient (Wildman–Crippen LogP) is 1.83. The first kappa shape index (κ1) is 18.4. The Bertz CT molecular complexity index is 689. The highest BCUT2D eigenvalue weighted by atomic mass is 16.5. The van der Waals surface area contributed by atoms with E-state index in [0.717, 1.165) is 38.1 Å². The van der Waals surface area contributed by atoms with E-state index in [4.69, 9.17) is 14.4 Å². The topological polar surface area (TPSA) is 87.8 Å². The van der Waals surface area contributed by atoms with E-state index < -0.39 is 0 Å². The third-order valence-electron chi connectivity index (χ3n) is 4.52. The summed E-state index contributed by atoms with van der Waals surface area (Å²) in [4.78, 5) is 14.6. The highest BCUT2D eigenvalue weighted by Gasteiger charge is 2.24. The summed E-state index contributed by atoms with van der Waals surface area (Å²) in [5.41, 5.74) is 0.261. The smallest absolute Gasteiger partial charge is 0.273 e. The summed E-state index contributed by atoms with van der Waals surface area (Å²) in [5.74, 6) is 0.997. The monoisotopic (exact) mass is 359 g/mol. The molecule has 1 aliphatic rings. The summed E-state index contributed by atoms with van der Waals surface area (Å²) in [6.07, 6.45) is 2.94. The van der Waals surface area contributed by atoms with Crippen molar-refractivity contribution in [2.24, 2.45) is 0 Å². The number of para-hydroxylation sites is 1. The Morgan fingerprint density at radius 3 is 3.04 bits per heavy atom. The Morgan fingerprint density at radius 1 is 1.38 bits per heavy atom. The fraction of sp³-hybridized carbons (Fsp3) is 0.474. The molecular formula is C19H25N3O4. The zero-order valence-corrected chi connectivity index (χ0v) is 14.8. The Labute approximate surface area is 152 Å². The molecule has 140 valence electrons. The number of aromatic nitrogens is 1. The number of benzene rings is 1. The van der Waals surface area contributed by atoms with Gasteiger partial charge in [0.1, 0.15) is 12.4 Å². The van der Waals surface area contributed by atoms with Gasteiger partial charge in [0.25, 0.3) is 5.91 Å². The number of carbonyl (C=O) groups is 1. The van der Waals surface area contributed by atoms with Gasteiger partial charge in [-0.05, 0) is 37.9 Å². The van der Waals surface area contributed by atoms with E-state index in [0.29, 0.717) is 18.3 Å². The van der Waals surface area contributed by atoms with Gasteiger partial charge in [-0.2, -0.15) is 0 Å². The molecular weight excluding hydrogens is 334 g/mol. The number of likely N-dealkylation sites (tertiary alicyclic amines) is 1. The fourth-order valence-corrected chi connectivity index (χ4v) is 3.15. The molecule has 2 aromatic rings. The lowest BCUT2D eigenvalue weighted by Crippen LogP contribution is -2.40. The molecule has 26 heavy (non-hydrogen) atoms. The fourth-order valence-electron chi connectivity index (χ4n) is 3.15. The molecule has 1 aromatic carbocycles. The van der Waals surface area contributed by atoms with Crippen LogP contribution in [0.3, 0.4) is 0 Å². The normalized spacial score (nSPS) is 17.3. The standard InChI is InChI=1S/C19H25N3O4/c23-11-5-10-22-9-4-6-15(22)13-20-19(24)18-12-17(26-21-18)14-25-16-7-2-1-3-8-16/h1-3,7-8,12,15,23H,4-6,9-11,13-14H2,(H,20,24). The van der Waals surface area contributed by atoms with Gasteiger partial charge in [-0.15, -0.1) is 0 Å². The van der Waals surface area contributed by atoms with E-state index in [1.807, 2.05) is 30.3 Å². The molecule has 1 amide bonds. The molecule has 1 fully saturated rings. The van der Waals surface area contributed by atoms with Crippen molar-refractivity contribution in [3.8, 4) is 5.75 Å². The summed E-state index contributed by atoms with van der Waals surface area (Å²) < 4.78 is 10.8. The Kier molecular flexibility index (Phi) is 6.62. The predicted molar refractivity (Wildman–Crippen MR) is 95.9 cm³/mol. The molecule has 3 rings (SSSR count). The zero-order valence-electron chi connectivity index (χ0n) is 14.8. The van der Waals surface area contributed by atoms with Gasteiger partial charge in [0, 0.05) is 31.8 Å². The van der Waals surface area contributed by atoms with Crippen molar-refractivity contribution in [3.05, 3.63) is 47.9 Å². The maximum atomic E-state index is 12.3. The minimum Gasteiger partial charge on any atom is -0.486 e. The number of carbonyl (C=O) groups excluding carboxylic acids is 1. The maximum Gasteiger partial charge on any atom is 0.273 e. The SMILES string of the molecule is O=C(NCC1CCCN1CCCO)c1cc(COc2ccccc2)on1. The largest absolute Gasteiger partial charge is 0.486 e. The number of nitrogens with one attached hydrogen (secondary N) is 1. The van der Waals surface area contributed by atoms with Crippen LogP contribution in [0, 0.1) is 0 Å². The van der Waals surface area contributed by atoms with Crippen molar-refractivity contribution in [1.82, 2.24) is 15.4 Å². The number of aliphatic hydroxyl groups excluding tert-OH is 1. The van der Waals surface area contributed by atoms with E-state index in [1.54, 1.807) is 6.07 Å². The molecule has 7 heteroatoms. The first-order valence-corrected chi connectivity index (χ1v) is 9.03. The minimum absolute atomic E-state index is 0.197. The molecule has 1 atom stereocenters. The summed E-state index contributed by atoms with van der Waals surface area (Å²) in [5, 5.41) is 15.7. The van der Waals surface area contributed by atoms with Crippen molar-refractivity contribution < 1.29 is 19.2 Å². The van der Waals surface area contributed by atoms with Crippen LogP contribution in [0.5, 0.6) is 5.75 Å². The van der Waals surface area contributed by atoms with Gasteiger partial charge in [0.15, 0.2) is 11.5 Å². The third kappa shape index (κ3) is 5.06. The second kappa shape index (κ2) is 9.35. The van der Waals surface area contributed by atoms with E-state index in [2.05, 4.69) is 15.4 Å². The van der Waals surface area contributed by atoms with Crippen molar-refractivity contribution in [1.29, 1.82) is 0 Å². The van der Waals surface area contributed by atoms with Gasteiger partial charge in [-0.25, -0.2) is 0 Å². The number of aliphatic hydroxyl groups is 1. The lowest BCUT2D eigenvalue weighted by atomic mass is 10.2. The molecule has 0 spiro atoms. The second-order valence-electron chi connectivity index (χ2n) is 6.40. The van der Waals surface area contributed by atoms with E-state index in [-0.39, 0.29) is 24.8 Å². The van der Waals surface area contributed by atoms with Gasteiger partial charge >= 0.3 is 0 Å². The van der Waals surface area contributed by atoms with Crippen molar-refractivity contribution in [2.75, 3.05) is 26.2 Å². The van der Waals surface area contributed by atoms with Crippen LogP contribution in [0.2, 0.25) is 0 Å². The van der Waals surface area contributed by atoms with Gasteiger partial charge in [-0.3, -0.25) is 9.69 Å². The summed E-state index contributed by atoms with van der Waals surface area (Å²) in [7, 11) is 0. The van der Waals surface area contributed by atoms with Gasteiger partial charge in [0.2, 0.25) is 0 Å². The van der Waals surface area contributed by atoms with E-state index >= 15 is 0 Å². The van der Waals surface area contributed by atoms with E-state index in [1.165, 1.54) is 0 Å². The van der Waals surface area contributed by atoms with Crippen molar-refractivity contribution in [2.45, 2.75) is 31.9 Å². The Morgan fingerprint density at radius 2 is 2.23 bits per heavy atom. The first-order chi connectivity index (χ1) is 12.8. The third-order valence-corrected chi connectivity index (χ3v) is 4.52. The molecule has 7 nitrogen and oxygen atoms in total. The summed E-state index contributed by atoms with van der Waals surface area (Å²) in [6.45, 7) is 2.88. The first-order valence-electron chi connectivity index (χ1n) is 9.03. The average molecular weight is 359 g/mol. The molecule has 0 radical (unpaired) electrons. The lowest BCUT2D eigenvalue weighted by molar-refractivity contribution is 0.0930. The van der Waals surface area contributed by atoms with Crippen LogP contribution in [0.4, 0.5) is 0 Å². The van der Waals surface area contributed by atoms with Gasteiger partial charge in [0.05, 0.1) is 0 Å². The second-order valence-corrected chi connectivity index (χ2v) is 6.40. The minimum atomic E-state index is -0.242. The highest BCUT2D eigenvalue weighted by Crippen LogP contribution is 2.17. The van der Waals surface area contributed by atoms with Crippen LogP contribution in [-0.4, -0.2) is 53.4 Å². The van der Waals surface area contributed by atoms with Crippen LogP contribution in [0.1, 0.15) is 35.5 Å². The number of rotatable bonds is 9. The average Bonchev–Trinajstić information content (AvgIpc) is 3.33. The van der Waals surface area contributed by atoms with Crippen molar-refractivity contribution >= 4 is 5.91 Å². The number of ether oxygens (including phenoxy) is 1. The van der Waals surface area contributed by atoms with Crippen LogP contribution in [0.25, 0.3) is 0 Å². The van der Waals surface area contributed by atoms with E-state index in [9.17, 15) is 4.79 Å². The summed E-state index contributed by atoms with van der Waals surface area (Å²) in [6, 6.07) is 11.3. The van der Waals surface area contributed by atoms with Gasteiger partial charge < -0.3 is 19.7 Å². The number of amides is 1. The molecule has 0 saturated carbocycles. The molecule has 1 aromatic heterocycles. The van der Waals surface area contributed by atoms with Crippen LogP contribution < -0.4 is 10.1 Å². The Balaban J connectivity index is 1.45. The van der Waals surface area contributed by atoms with Crippen LogP contribution in [0.15, 0.2) is 40.9 Å². The van der Waals surface area contributed by atoms with Crippen molar-refractivity contribution in [3.63, 3.8) is 0 Å². The number of hydrogen-bond acceptors (Lipinski definition) is 6. The Hall–Kier alpha value is -2.38. The summed E-state index contributed by atoms with van der Waals surface area (Å²) >= 11 is 0. The zero-order chi connectivity index (χ0) is 18.2.